The summed E-state index contributed by atoms with van der Waals surface area (Å²) >= 11 is 3.84. The van der Waals surface area contributed by atoms with Crippen LogP contribution in [0.4, 0.5) is 11.4 Å². The van der Waals surface area contributed by atoms with Crippen molar-refractivity contribution in [2.45, 2.75) is 83.0 Å². The Bertz CT molecular complexity index is 1550. The number of amides is 1. The molecule has 0 atom stereocenters. The molecule has 0 saturated heterocycles. The number of allylic oxidation sites excluding steroid dienone is 4. The van der Waals surface area contributed by atoms with Crippen molar-refractivity contribution in [3.05, 3.63) is 77.0 Å². The number of hydrogen-bond acceptors (Lipinski definition) is 5. The van der Waals surface area contributed by atoms with E-state index >= 15 is 0 Å². The molecule has 220 valence electrons. The first-order valence-electron chi connectivity index (χ1n) is 14.2. The highest BCUT2D eigenvalue weighted by Crippen LogP contribution is 2.48. The zero-order chi connectivity index (χ0) is 30.2. The highest BCUT2D eigenvalue weighted by atomic mass is 32.2. The number of carbonyl (C=O) groups is 1. The van der Waals surface area contributed by atoms with E-state index in [4.69, 9.17) is 0 Å². The van der Waals surface area contributed by atoms with E-state index in [-0.39, 0.29) is 16.2 Å². The van der Waals surface area contributed by atoms with Crippen molar-refractivity contribution in [2.24, 2.45) is 0 Å². The topological polar surface area (TPSA) is 89.7 Å². The summed E-state index contributed by atoms with van der Waals surface area (Å²) in [5.41, 5.74) is 7.23. The van der Waals surface area contributed by atoms with Crippen LogP contribution in [0.1, 0.15) is 77.0 Å². The van der Waals surface area contributed by atoms with E-state index < -0.39 is 15.5 Å². The van der Waals surface area contributed by atoms with Gasteiger partial charge in [0.1, 0.15) is 6.54 Å². The zero-order valence-electron chi connectivity index (χ0n) is 24.9. The fourth-order valence-electron chi connectivity index (χ4n) is 6.20. The Morgan fingerprint density at radius 3 is 2.44 bits per heavy atom. The normalized spacial score (nSPS) is 18.3. The van der Waals surface area contributed by atoms with Gasteiger partial charge < -0.3 is 9.62 Å². The third-order valence-electron chi connectivity index (χ3n) is 8.44. The zero-order valence-corrected chi connectivity index (χ0v) is 26.6. The Morgan fingerprint density at radius 1 is 1.05 bits per heavy atom. The van der Waals surface area contributed by atoms with Crippen LogP contribution in [0, 0.1) is 6.92 Å². The molecule has 2 aromatic rings. The molecule has 0 saturated carbocycles. The first-order valence-corrected chi connectivity index (χ1v) is 16.1. The van der Waals surface area contributed by atoms with Gasteiger partial charge in [0.25, 0.3) is 10.1 Å². The molecule has 0 fully saturated rings. The maximum atomic E-state index is 11.8. The van der Waals surface area contributed by atoms with Crippen LogP contribution < -0.4 is 9.62 Å². The number of likely N-dealkylation sites (N-methyl/N-ethyl adjacent to an activating group) is 1. The van der Waals surface area contributed by atoms with Crippen molar-refractivity contribution < 1.29 is 22.3 Å². The summed E-state index contributed by atoms with van der Waals surface area (Å²) in [6.07, 6.45) is 9.65. The van der Waals surface area contributed by atoms with Crippen LogP contribution >= 0.6 is 12.8 Å². The summed E-state index contributed by atoms with van der Waals surface area (Å²) in [5.74, 6) is -0.0491. The molecular formula is C32H42N3O4S2+. The van der Waals surface area contributed by atoms with E-state index in [0.717, 1.165) is 49.3 Å². The highest BCUT2D eigenvalue weighted by Gasteiger charge is 2.44. The largest absolute Gasteiger partial charge is 0.344 e. The number of carbonyl (C=O) groups excluding carboxylic acids is 1. The van der Waals surface area contributed by atoms with Crippen LogP contribution in [0.2, 0.25) is 0 Å². The van der Waals surface area contributed by atoms with E-state index in [0.29, 0.717) is 6.42 Å². The fourth-order valence-corrected chi connectivity index (χ4v) is 6.82. The van der Waals surface area contributed by atoms with Crippen molar-refractivity contribution in [3.8, 4) is 0 Å². The molecule has 0 aromatic heterocycles. The summed E-state index contributed by atoms with van der Waals surface area (Å²) in [6.45, 7) is 14.5. The third-order valence-corrected chi connectivity index (χ3v) is 9.54. The van der Waals surface area contributed by atoms with E-state index in [1.54, 1.807) is 12.1 Å². The predicted molar refractivity (Wildman–Crippen MR) is 169 cm³/mol. The Kier molecular flexibility index (Phi) is 8.92. The summed E-state index contributed by atoms with van der Waals surface area (Å²) in [4.78, 5) is 13.7. The van der Waals surface area contributed by atoms with E-state index in [1.807, 2.05) is 0 Å². The standard InChI is InChI=1S/C32H41N3O4S2/c1-7-34-26-18-16-23(41(37,38)39)21-25(26)32(5,6)28(34)12-11-13-29-31(3,4)24-20-22(2)15-17-27(24)35(29)19-10-8-9-14-30(36)33-40/h11-13,15-18,20-21H,7-10,14,19H2,1-6H3,(H2-,33,36,37,38,39,40)/p+1. The van der Waals surface area contributed by atoms with Crippen LogP contribution in [-0.2, 0) is 25.7 Å². The van der Waals surface area contributed by atoms with Gasteiger partial charge >= 0.3 is 0 Å². The lowest BCUT2D eigenvalue weighted by Crippen LogP contribution is -2.28. The van der Waals surface area contributed by atoms with Gasteiger partial charge in [0.2, 0.25) is 11.6 Å². The van der Waals surface area contributed by atoms with Crippen molar-refractivity contribution in [3.63, 3.8) is 0 Å². The fraction of sp³-hybridized carbons (Fsp3) is 0.438. The molecule has 2 heterocycles. The van der Waals surface area contributed by atoms with Crippen LogP contribution in [0.15, 0.2) is 65.2 Å². The number of anilines is 1. The first-order chi connectivity index (χ1) is 19.2. The molecule has 0 bridgehead atoms. The van der Waals surface area contributed by atoms with Gasteiger partial charge in [0, 0.05) is 53.9 Å². The quantitative estimate of drug-likeness (QED) is 0.128. The van der Waals surface area contributed by atoms with Gasteiger partial charge in [-0.3, -0.25) is 9.35 Å². The van der Waals surface area contributed by atoms with Gasteiger partial charge in [-0.05, 0) is 76.4 Å². The number of thiol groups is 1. The van der Waals surface area contributed by atoms with Gasteiger partial charge in [-0.2, -0.15) is 13.0 Å². The molecule has 1 amide bonds. The minimum atomic E-state index is -4.29. The summed E-state index contributed by atoms with van der Waals surface area (Å²) < 4.78 is 38.1. The van der Waals surface area contributed by atoms with Crippen LogP contribution in [0.5, 0.6) is 0 Å². The van der Waals surface area contributed by atoms with Gasteiger partial charge in [-0.25, -0.2) is 0 Å². The van der Waals surface area contributed by atoms with Crippen LogP contribution in [0.3, 0.4) is 0 Å². The second-order valence-electron chi connectivity index (χ2n) is 12.0. The molecule has 0 radical (unpaired) electrons. The number of nitrogens with one attached hydrogen (secondary N) is 1. The van der Waals surface area contributed by atoms with E-state index in [9.17, 15) is 17.8 Å². The number of hydrogen-bond donors (Lipinski definition) is 3. The highest BCUT2D eigenvalue weighted by molar-refractivity contribution is 7.85. The van der Waals surface area contributed by atoms with Crippen LogP contribution in [-0.4, -0.2) is 42.3 Å². The lowest BCUT2D eigenvalue weighted by atomic mass is 9.80. The average molecular weight is 597 g/mol. The number of aryl methyl sites for hydroxylation is 1. The molecule has 7 nitrogen and oxygen atoms in total. The molecular weight excluding hydrogens is 555 g/mol. The van der Waals surface area contributed by atoms with Gasteiger partial charge in [0.05, 0.1) is 10.3 Å². The van der Waals surface area contributed by atoms with Crippen molar-refractivity contribution >= 4 is 45.9 Å². The number of unbranched alkanes of at least 4 members (excludes halogenated alkanes) is 2. The van der Waals surface area contributed by atoms with E-state index in [2.05, 4.69) is 105 Å². The molecule has 9 heteroatoms. The van der Waals surface area contributed by atoms with Crippen molar-refractivity contribution in [1.82, 2.24) is 4.72 Å². The minimum Gasteiger partial charge on any atom is -0.344 e. The predicted octanol–water partition coefficient (Wildman–Crippen LogP) is 6.40. The molecule has 4 rings (SSSR count). The molecule has 0 spiro atoms. The average Bonchev–Trinajstić information content (AvgIpc) is 3.25. The minimum absolute atomic E-state index is 0.0491. The monoisotopic (exact) mass is 596 g/mol. The first kappa shape index (κ1) is 31.1. The number of nitrogens with zero attached hydrogens (tertiary/aromatic N) is 2. The summed E-state index contributed by atoms with van der Waals surface area (Å²) in [7, 11) is -4.29. The molecule has 2 aliphatic heterocycles. The second-order valence-corrected chi connectivity index (χ2v) is 13.6. The van der Waals surface area contributed by atoms with Gasteiger partial charge in [-0.15, -0.1) is 0 Å². The maximum absolute atomic E-state index is 11.8. The van der Waals surface area contributed by atoms with E-state index in [1.165, 1.54) is 28.6 Å². The van der Waals surface area contributed by atoms with Crippen LogP contribution in [0.25, 0.3) is 0 Å². The van der Waals surface area contributed by atoms with Crippen molar-refractivity contribution in [1.29, 1.82) is 0 Å². The Hall–Kier alpha value is -2.88. The smallest absolute Gasteiger partial charge is 0.294 e. The number of fused-ring (bicyclic) bond motifs is 2. The SMILES string of the molecule is CCN1/C(=C/C=C/C2=[N+](CCCCCC(=O)NS)c3ccc(C)cc3C2(C)C)C(C)(C)c2cc(S(=O)(=O)O)ccc21. The second kappa shape index (κ2) is 11.8. The lowest BCUT2D eigenvalue weighted by Gasteiger charge is -2.25. The summed E-state index contributed by atoms with van der Waals surface area (Å²) in [6, 6.07) is 11.5. The van der Waals surface area contributed by atoms with Gasteiger partial charge in [-0.1, -0.05) is 44.4 Å². The number of benzene rings is 2. The van der Waals surface area contributed by atoms with Crippen molar-refractivity contribution in [2.75, 3.05) is 18.0 Å². The summed E-state index contributed by atoms with van der Waals surface area (Å²) in [5, 5.41) is 0. The maximum Gasteiger partial charge on any atom is 0.294 e. The van der Waals surface area contributed by atoms with Gasteiger partial charge in [0.15, 0.2) is 5.71 Å². The lowest BCUT2D eigenvalue weighted by molar-refractivity contribution is -0.438. The molecule has 41 heavy (non-hydrogen) atoms. The Balaban J connectivity index is 1.68. The third kappa shape index (κ3) is 6.03. The molecule has 2 N–H and O–H groups in total. The molecule has 0 aliphatic carbocycles. The Labute approximate surface area is 250 Å². The molecule has 0 unspecified atom stereocenters. The molecule has 2 aromatic carbocycles. The Morgan fingerprint density at radius 2 is 1.78 bits per heavy atom. The number of rotatable bonds is 10. The molecule has 2 aliphatic rings.